The number of ether oxygens (including phenoxy) is 3. The van der Waals surface area contributed by atoms with Crippen molar-refractivity contribution in [3.05, 3.63) is 71.8 Å². The van der Waals surface area contributed by atoms with Gasteiger partial charge in [-0.1, -0.05) is 60.7 Å². The van der Waals surface area contributed by atoms with Gasteiger partial charge < -0.3 is 14.2 Å². The van der Waals surface area contributed by atoms with E-state index < -0.39 is 23.3 Å². The maximum Gasteiger partial charge on any atom is 0.166 e. The molecule has 1 aliphatic rings. The summed E-state index contributed by atoms with van der Waals surface area (Å²) in [5, 5.41) is 0. The Morgan fingerprint density at radius 2 is 1.38 bits per heavy atom. The predicted molar refractivity (Wildman–Crippen MR) is 103 cm³/mol. The zero-order valence-corrected chi connectivity index (χ0v) is 15.9. The van der Waals surface area contributed by atoms with E-state index >= 15 is 4.39 Å². The Labute approximate surface area is 159 Å². The summed E-state index contributed by atoms with van der Waals surface area (Å²) >= 11 is 4.36. The lowest BCUT2D eigenvalue weighted by atomic mass is 9.96. The number of benzene rings is 2. The van der Waals surface area contributed by atoms with Crippen molar-refractivity contribution < 1.29 is 18.6 Å². The Hall–Kier alpha value is -1.40. The number of rotatable bonds is 6. The molecule has 0 bridgehead atoms. The van der Waals surface area contributed by atoms with E-state index in [-0.39, 0.29) is 6.10 Å². The van der Waals surface area contributed by atoms with Gasteiger partial charge >= 0.3 is 0 Å². The van der Waals surface area contributed by atoms with Crippen molar-refractivity contribution in [2.75, 3.05) is 0 Å². The molecule has 3 rings (SSSR count). The van der Waals surface area contributed by atoms with Gasteiger partial charge in [-0.3, -0.25) is 0 Å². The Kier molecular flexibility index (Phi) is 6.35. The third-order valence-electron chi connectivity index (χ3n) is 4.58. The Bertz CT molecular complexity index is 680. The first-order chi connectivity index (χ1) is 12.5. The average Bonchev–Trinajstić information content (AvgIpc) is 2.64. The average molecular weight is 376 g/mol. The van der Waals surface area contributed by atoms with Crippen LogP contribution in [0.1, 0.15) is 25.0 Å². The van der Waals surface area contributed by atoms with E-state index in [9.17, 15) is 0 Å². The highest BCUT2D eigenvalue weighted by Gasteiger charge is 2.51. The van der Waals surface area contributed by atoms with Crippen LogP contribution in [0, 0.1) is 0 Å². The van der Waals surface area contributed by atoms with Crippen molar-refractivity contribution in [2.24, 2.45) is 0 Å². The number of hydrogen-bond acceptors (Lipinski definition) is 4. The topological polar surface area (TPSA) is 27.7 Å². The molecule has 0 radical (unpaired) electrons. The minimum atomic E-state index is -1.41. The SMILES string of the molecule is C[C@@H]1O[C@](C)(S)[C@@H](F)[C@H](OCc2ccccc2)[C@@H]1OCc1ccccc1. The Morgan fingerprint density at radius 3 is 1.88 bits per heavy atom. The normalized spacial score (nSPS) is 31.7. The fourth-order valence-corrected chi connectivity index (χ4v) is 3.50. The highest BCUT2D eigenvalue weighted by Crippen LogP contribution is 2.38. The molecule has 1 saturated heterocycles. The largest absolute Gasteiger partial charge is 0.368 e. The molecule has 2 aromatic rings. The molecule has 0 aliphatic carbocycles. The van der Waals surface area contributed by atoms with Gasteiger partial charge in [-0.15, -0.1) is 12.6 Å². The van der Waals surface area contributed by atoms with Crippen LogP contribution in [0.5, 0.6) is 0 Å². The van der Waals surface area contributed by atoms with E-state index in [2.05, 4.69) is 12.6 Å². The zero-order valence-electron chi connectivity index (χ0n) is 15.0. The van der Waals surface area contributed by atoms with Gasteiger partial charge in [-0.25, -0.2) is 4.39 Å². The second-order valence-corrected chi connectivity index (χ2v) is 7.69. The fourth-order valence-electron chi connectivity index (χ4n) is 3.19. The molecule has 0 aromatic heterocycles. The van der Waals surface area contributed by atoms with Crippen molar-refractivity contribution in [1.29, 1.82) is 0 Å². The molecule has 0 N–H and O–H groups in total. The standard InChI is InChI=1S/C21H25FO3S/c1-15-18(23-13-16-9-5-3-6-10-16)19(20(22)21(2,26)25-15)24-14-17-11-7-4-8-12-17/h3-12,15,18-20,26H,13-14H2,1-2H3/t15-,18+,19+,20-,21+/m0/s1. The maximum atomic E-state index is 15.1. The van der Waals surface area contributed by atoms with Crippen LogP contribution in [-0.2, 0) is 27.4 Å². The van der Waals surface area contributed by atoms with Gasteiger partial charge in [-0.2, -0.15) is 0 Å². The van der Waals surface area contributed by atoms with Crippen LogP contribution < -0.4 is 0 Å². The summed E-state index contributed by atoms with van der Waals surface area (Å²) in [6.45, 7) is 4.19. The minimum absolute atomic E-state index is 0.313. The molecule has 5 heteroatoms. The van der Waals surface area contributed by atoms with Crippen LogP contribution in [0.4, 0.5) is 4.39 Å². The molecule has 0 unspecified atom stereocenters. The molecule has 3 nitrogen and oxygen atoms in total. The fraction of sp³-hybridized carbons (Fsp3) is 0.429. The minimum Gasteiger partial charge on any atom is -0.368 e. The van der Waals surface area contributed by atoms with Crippen LogP contribution in [0.3, 0.4) is 0 Å². The molecule has 1 fully saturated rings. The van der Waals surface area contributed by atoms with Crippen LogP contribution >= 0.6 is 12.6 Å². The first-order valence-electron chi connectivity index (χ1n) is 8.82. The third kappa shape index (κ3) is 4.65. The van der Waals surface area contributed by atoms with Crippen LogP contribution in [0.25, 0.3) is 0 Å². The van der Waals surface area contributed by atoms with Crippen molar-refractivity contribution >= 4 is 12.6 Å². The van der Waals surface area contributed by atoms with Gasteiger partial charge in [0.15, 0.2) is 6.17 Å². The van der Waals surface area contributed by atoms with E-state index in [1.807, 2.05) is 67.6 Å². The zero-order chi connectivity index (χ0) is 18.6. The molecule has 1 aliphatic heterocycles. The molecular weight excluding hydrogens is 351 g/mol. The first-order valence-corrected chi connectivity index (χ1v) is 9.27. The van der Waals surface area contributed by atoms with E-state index in [1.165, 1.54) is 0 Å². The third-order valence-corrected chi connectivity index (χ3v) is 4.93. The summed E-state index contributed by atoms with van der Waals surface area (Å²) in [4.78, 5) is -1.21. The number of alkyl halides is 1. The van der Waals surface area contributed by atoms with Crippen LogP contribution in [0.15, 0.2) is 60.7 Å². The number of halogens is 1. The van der Waals surface area contributed by atoms with Gasteiger partial charge in [0.05, 0.1) is 19.3 Å². The summed E-state index contributed by atoms with van der Waals surface area (Å²) in [5.41, 5.74) is 2.01. The molecule has 5 atom stereocenters. The maximum absolute atomic E-state index is 15.1. The lowest BCUT2D eigenvalue weighted by Gasteiger charge is -2.46. The van der Waals surface area contributed by atoms with Crippen molar-refractivity contribution in [2.45, 2.75) is 56.5 Å². The van der Waals surface area contributed by atoms with Gasteiger partial charge in [-0.05, 0) is 25.0 Å². The Morgan fingerprint density at radius 1 is 0.923 bits per heavy atom. The second-order valence-electron chi connectivity index (χ2n) is 6.80. The van der Waals surface area contributed by atoms with Crippen molar-refractivity contribution in [1.82, 2.24) is 0 Å². The molecule has 1 heterocycles. The summed E-state index contributed by atoms with van der Waals surface area (Å²) in [5.74, 6) is 0. The summed E-state index contributed by atoms with van der Waals surface area (Å²) < 4.78 is 32.8. The van der Waals surface area contributed by atoms with E-state index in [4.69, 9.17) is 14.2 Å². The highest BCUT2D eigenvalue weighted by molar-refractivity contribution is 7.81. The monoisotopic (exact) mass is 376 g/mol. The second kappa shape index (κ2) is 8.53. The lowest BCUT2D eigenvalue weighted by molar-refractivity contribution is -0.238. The molecule has 0 spiro atoms. The van der Waals surface area contributed by atoms with Gasteiger partial charge in [0.2, 0.25) is 0 Å². The summed E-state index contributed by atoms with van der Waals surface area (Å²) in [6, 6.07) is 19.5. The Balaban J connectivity index is 1.72. The smallest absolute Gasteiger partial charge is 0.166 e. The molecular formula is C21H25FO3S. The van der Waals surface area contributed by atoms with Gasteiger partial charge in [0.1, 0.15) is 17.1 Å². The molecule has 0 amide bonds. The quantitative estimate of drug-likeness (QED) is 0.749. The van der Waals surface area contributed by atoms with Crippen LogP contribution in [-0.4, -0.2) is 29.4 Å². The van der Waals surface area contributed by atoms with Gasteiger partial charge in [0, 0.05) is 0 Å². The lowest BCUT2D eigenvalue weighted by Crippen LogP contribution is -2.60. The van der Waals surface area contributed by atoms with Crippen molar-refractivity contribution in [3.8, 4) is 0 Å². The van der Waals surface area contributed by atoms with Crippen LogP contribution in [0.2, 0.25) is 0 Å². The highest BCUT2D eigenvalue weighted by atomic mass is 32.1. The van der Waals surface area contributed by atoms with E-state index in [1.54, 1.807) is 6.92 Å². The van der Waals surface area contributed by atoms with Gasteiger partial charge in [0.25, 0.3) is 0 Å². The first kappa shape index (κ1) is 19.4. The predicted octanol–water partition coefficient (Wildman–Crippen LogP) is 4.56. The molecule has 26 heavy (non-hydrogen) atoms. The number of thiol groups is 1. The van der Waals surface area contributed by atoms with Crippen molar-refractivity contribution in [3.63, 3.8) is 0 Å². The molecule has 0 saturated carbocycles. The number of hydrogen-bond donors (Lipinski definition) is 1. The molecule has 140 valence electrons. The summed E-state index contributed by atoms with van der Waals surface area (Å²) in [7, 11) is 0. The molecule has 2 aromatic carbocycles. The summed E-state index contributed by atoms with van der Waals surface area (Å²) in [6.07, 6.45) is -3.03. The van der Waals surface area contributed by atoms with E-state index in [0.717, 1.165) is 11.1 Å². The van der Waals surface area contributed by atoms with E-state index in [0.29, 0.717) is 13.2 Å².